The number of nitrogens with zero attached hydrogens (tertiary/aromatic N) is 4. The summed E-state index contributed by atoms with van der Waals surface area (Å²) in [6.07, 6.45) is 6.82. The van der Waals surface area contributed by atoms with Crippen LogP contribution in [-0.4, -0.2) is 37.1 Å². The van der Waals surface area contributed by atoms with Gasteiger partial charge in [-0.05, 0) is 25.5 Å². The summed E-state index contributed by atoms with van der Waals surface area (Å²) in [6.45, 7) is 3.96. The molecule has 0 unspecified atom stereocenters. The second-order valence-electron chi connectivity index (χ2n) is 5.71. The van der Waals surface area contributed by atoms with Gasteiger partial charge in [0.05, 0.1) is 0 Å². The average molecular weight is 348 g/mol. The number of pyridine rings is 1. The van der Waals surface area contributed by atoms with Crippen LogP contribution in [0.4, 0.5) is 0 Å². The molecule has 24 heavy (non-hydrogen) atoms. The number of aromatic nitrogens is 4. The van der Waals surface area contributed by atoms with E-state index in [1.165, 1.54) is 11.8 Å². The molecule has 0 bridgehead atoms. The van der Waals surface area contributed by atoms with Gasteiger partial charge in [0.1, 0.15) is 17.7 Å². The van der Waals surface area contributed by atoms with Gasteiger partial charge in [-0.15, -0.1) is 10.2 Å². The van der Waals surface area contributed by atoms with E-state index >= 15 is 0 Å². The van der Waals surface area contributed by atoms with Crippen LogP contribution < -0.4 is 0 Å². The van der Waals surface area contributed by atoms with Crippen molar-refractivity contribution in [3.63, 3.8) is 0 Å². The predicted molar refractivity (Wildman–Crippen MR) is 93.7 cm³/mol. The maximum absolute atomic E-state index is 12.4. The van der Waals surface area contributed by atoms with Crippen molar-refractivity contribution in [2.45, 2.75) is 56.0 Å². The van der Waals surface area contributed by atoms with E-state index in [1.807, 2.05) is 32.2 Å². The number of ether oxygens (including phenoxy) is 1. The lowest BCUT2D eigenvalue weighted by molar-refractivity contribution is -0.148. The van der Waals surface area contributed by atoms with Crippen molar-refractivity contribution in [1.29, 1.82) is 0 Å². The highest BCUT2D eigenvalue weighted by Gasteiger charge is 2.22. The Morgan fingerprint density at radius 1 is 1.42 bits per heavy atom. The first-order valence-electron chi connectivity index (χ1n) is 8.21. The Morgan fingerprint density at radius 3 is 2.88 bits per heavy atom. The minimum absolute atomic E-state index is 0.144. The number of aryl methyl sites for hydroxylation is 1. The number of carbonyl (C=O) groups is 1. The lowest BCUT2D eigenvalue weighted by Crippen LogP contribution is -2.26. The van der Waals surface area contributed by atoms with E-state index in [4.69, 9.17) is 4.74 Å². The van der Waals surface area contributed by atoms with Gasteiger partial charge in [0.25, 0.3) is 0 Å². The van der Waals surface area contributed by atoms with E-state index in [2.05, 4.69) is 22.1 Å². The molecule has 0 aliphatic rings. The van der Waals surface area contributed by atoms with Crippen molar-refractivity contribution in [3.8, 4) is 0 Å². The topological polar surface area (TPSA) is 69.9 Å². The fraction of sp³-hybridized carbons (Fsp3) is 0.529. The van der Waals surface area contributed by atoms with Gasteiger partial charge in [-0.3, -0.25) is 9.78 Å². The first-order chi connectivity index (χ1) is 11.6. The number of hydrogen-bond acceptors (Lipinski definition) is 6. The largest absolute Gasteiger partial charge is 0.461 e. The molecule has 6 nitrogen and oxygen atoms in total. The third kappa shape index (κ3) is 5.63. The molecule has 2 aromatic heterocycles. The van der Waals surface area contributed by atoms with E-state index in [1.54, 1.807) is 17.1 Å². The second kappa shape index (κ2) is 9.42. The molecule has 0 saturated carbocycles. The van der Waals surface area contributed by atoms with Gasteiger partial charge >= 0.3 is 5.97 Å². The van der Waals surface area contributed by atoms with Crippen LogP contribution in [0.25, 0.3) is 0 Å². The molecule has 2 atom stereocenters. The zero-order valence-corrected chi connectivity index (χ0v) is 15.2. The molecule has 0 fully saturated rings. The summed E-state index contributed by atoms with van der Waals surface area (Å²) < 4.78 is 7.54. The average Bonchev–Trinajstić information content (AvgIpc) is 2.98. The molecule has 2 aromatic rings. The number of carbonyl (C=O) groups excluding carboxylic acids is 1. The molecule has 0 aliphatic carbocycles. The van der Waals surface area contributed by atoms with Gasteiger partial charge < -0.3 is 9.30 Å². The van der Waals surface area contributed by atoms with Crippen LogP contribution in [-0.2, 0) is 23.0 Å². The predicted octanol–water partition coefficient (Wildman–Crippen LogP) is 3.04. The quantitative estimate of drug-likeness (QED) is 0.512. The highest BCUT2D eigenvalue weighted by molar-refractivity contribution is 8.00. The molecule has 130 valence electrons. The highest BCUT2D eigenvalue weighted by atomic mass is 32.2. The normalized spacial score (nSPS) is 13.5. The highest BCUT2D eigenvalue weighted by Crippen LogP contribution is 2.22. The van der Waals surface area contributed by atoms with Crippen LogP contribution in [0.3, 0.4) is 0 Å². The van der Waals surface area contributed by atoms with Gasteiger partial charge in [-0.25, -0.2) is 0 Å². The number of esters is 1. The Kier molecular flexibility index (Phi) is 7.24. The summed E-state index contributed by atoms with van der Waals surface area (Å²) in [6, 6.07) is 5.80. The maximum atomic E-state index is 12.4. The van der Waals surface area contributed by atoms with Crippen LogP contribution in [0.1, 0.15) is 38.8 Å². The minimum Gasteiger partial charge on any atom is -0.461 e. The molecule has 0 amide bonds. The summed E-state index contributed by atoms with van der Waals surface area (Å²) in [7, 11) is 1.85. The Bertz CT molecular complexity index is 633. The molecule has 0 N–H and O–H groups in total. The summed E-state index contributed by atoms with van der Waals surface area (Å²) >= 11 is 1.36. The monoisotopic (exact) mass is 348 g/mol. The lowest BCUT2D eigenvalue weighted by atomic mass is 10.1. The van der Waals surface area contributed by atoms with Gasteiger partial charge in [0.2, 0.25) is 0 Å². The Hall–Kier alpha value is -1.89. The molecule has 2 heterocycles. The molecular formula is C17H24N4O2S. The van der Waals surface area contributed by atoms with Gasteiger partial charge in [0, 0.05) is 25.4 Å². The smallest absolute Gasteiger partial charge is 0.319 e. The van der Waals surface area contributed by atoms with Crippen LogP contribution >= 0.6 is 11.8 Å². The van der Waals surface area contributed by atoms with Crippen molar-refractivity contribution in [3.05, 3.63) is 36.4 Å². The van der Waals surface area contributed by atoms with Crippen molar-refractivity contribution in [2.75, 3.05) is 0 Å². The molecule has 0 radical (unpaired) electrons. The van der Waals surface area contributed by atoms with E-state index in [-0.39, 0.29) is 17.3 Å². The third-order valence-corrected chi connectivity index (χ3v) is 4.74. The van der Waals surface area contributed by atoms with Gasteiger partial charge in [0.15, 0.2) is 5.16 Å². The summed E-state index contributed by atoms with van der Waals surface area (Å²) in [4.78, 5) is 16.8. The number of hydrogen-bond donors (Lipinski definition) is 0. The molecule has 0 aromatic carbocycles. The van der Waals surface area contributed by atoms with Crippen LogP contribution in [0.15, 0.2) is 35.9 Å². The first-order valence-corrected chi connectivity index (χ1v) is 9.09. The molecule has 2 rings (SSSR count). The minimum atomic E-state index is -0.333. The van der Waals surface area contributed by atoms with E-state index in [0.717, 1.165) is 25.0 Å². The third-order valence-electron chi connectivity index (χ3n) is 3.61. The standard InChI is InChI=1S/C17H24N4O2S/c1-4-5-9-15(11-14-8-6-7-10-18-14)23-16(22)13(2)24-17-20-19-12-21(17)3/h6-8,10,12-13,15H,4-5,9,11H2,1-3H3/t13-,15-/m1/s1. The van der Waals surface area contributed by atoms with Crippen molar-refractivity contribution in [1.82, 2.24) is 19.7 Å². The van der Waals surface area contributed by atoms with Crippen molar-refractivity contribution < 1.29 is 9.53 Å². The van der Waals surface area contributed by atoms with E-state index < -0.39 is 0 Å². The van der Waals surface area contributed by atoms with Crippen molar-refractivity contribution >= 4 is 17.7 Å². The summed E-state index contributed by atoms with van der Waals surface area (Å²) in [5, 5.41) is 8.19. The fourth-order valence-electron chi connectivity index (χ4n) is 2.23. The van der Waals surface area contributed by atoms with Crippen LogP contribution in [0, 0.1) is 0 Å². The summed E-state index contributed by atoms with van der Waals surface area (Å²) in [5.41, 5.74) is 0.944. The SMILES string of the molecule is CCCC[C@H](Cc1ccccn1)OC(=O)[C@@H](C)Sc1nncn1C. The molecule has 7 heteroatoms. The zero-order valence-electron chi connectivity index (χ0n) is 14.4. The molecule has 0 saturated heterocycles. The first kappa shape index (κ1) is 18.4. The zero-order chi connectivity index (χ0) is 17.4. The second-order valence-corrected chi connectivity index (χ2v) is 7.02. The van der Waals surface area contributed by atoms with Gasteiger partial charge in [-0.1, -0.05) is 37.6 Å². The Labute approximate surface area is 147 Å². The van der Waals surface area contributed by atoms with E-state index in [9.17, 15) is 4.79 Å². The number of rotatable bonds is 9. The molecule has 0 spiro atoms. The van der Waals surface area contributed by atoms with E-state index in [0.29, 0.717) is 11.6 Å². The Balaban J connectivity index is 1.94. The molecule has 0 aliphatic heterocycles. The summed E-state index contributed by atoms with van der Waals surface area (Å²) in [5.74, 6) is -0.222. The Morgan fingerprint density at radius 2 is 2.25 bits per heavy atom. The number of thioether (sulfide) groups is 1. The molecular weight excluding hydrogens is 324 g/mol. The number of unbranched alkanes of at least 4 members (excludes halogenated alkanes) is 1. The maximum Gasteiger partial charge on any atom is 0.319 e. The fourth-order valence-corrected chi connectivity index (χ4v) is 3.01. The van der Waals surface area contributed by atoms with Crippen molar-refractivity contribution in [2.24, 2.45) is 7.05 Å². The van der Waals surface area contributed by atoms with Gasteiger partial charge in [-0.2, -0.15) is 0 Å². The lowest BCUT2D eigenvalue weighted by Gasteiger charge is -2.19. The van der Waals surface area contributed by atoms with Crippen LogP contribution in [0.2, 0.25) is 0 Å². The van der Waals surface area contributed by atoms with Crippen LogP contribution in [0.5, 0.6) is 0 Å².